The average molecular weight is 178 g/mol. The normalized spacial score (nSPS) is 10.6. The topological polar surface area (TPSA) is 58.1 Å². The van der Waals surface area contributed by atoms with Crippen LogP contribution in [0.4, 0.5) is 0 Å². The Morgan fingerprint density at radius 2 is 2.38 bits per heavy atom. The number of aromatic amines is 1. The molecule has 0 saturated heterocycles. The van der Waals surface area contributed by atoms with Crippen molar-refractivity contribution >= 4 is 10.9 Å². The van der Waals surface area contributed by atoms with Gasteiger partial charge in [0.05, 0.1) is 19.4 Å². The third kappa shape index (κ3) is 1.15. The van der Waals surface area contributed by atoms with E-state index in [-0.39, 0.29) is 6.61 Å². The number of hydrogen-bond donors (Lipinski definition) is 2. The van der Waals surface area contributed by atoms with Crippen molar-refractivity contribution < 1.29 is 9.84 Å². The number of nitrogens with zero attached hydrogens (tertiary/aromatic N) is 1. The van der Waals surface area contributed by atoms with Crippen molar-refractivity contribution in [1.82, 2.24) is 10.2 Å². The number of para-hydroxylation sites is 1. The molecule has 2 rings (SSSR count). The second-order valence-electron chi connectivity index (χ2n) is 2.72. The molecule has 0 amide bonds. The molecule has 0 aliphatic carbocycles. The van der Waals surface area contributed by atoms with Crippen LogP contribution >= 0.6 is 0 Å². The van der Waals surface area contributed by atoms with Crippen LogP contribution in [-0.4, -0.2) is 22.4 Å². The summed E-state index contributed by atoms with van der Waals surface area (Å²) in [5.74, 6) is 0.716. The van der Waals surface area contributed by atoms with Crippen LogP contribution in [-0.2, 0) is 6.61 Å². The number of fused-ring (bicyclic) bond motifs is 1. The maximum absolute atomic E-state index is 8.98. The Kier molecular flexibility index (Phi) is 1.90. The SMILES string of the molecule is COc1cccc2c(CO)[nH]nc12. The van der Waals surface area contributed by atoms with Gasteiger partial charge in [0.25, 0.3) is 0 Å². The maximum atomic E-state index is 8.98. The lowest BCUT2D eigenvalue weighted by molar-refractivity contribution is 0.278. The summed E-state index contributed by atoms with van der Waals surface area (Å²) in [6, 6.07) is 5.60. The van der Waals surface area contributed by atoms with Gasteiger partial charge in [-0.15, -0.1) is 0 Å². The summed E-state index contributed by atoms with van der Waals surface area (Å²) in [6.45, 7) is -0.0380. The first-order valence-corrected chi connectivity index (χ1v) is 3.97. The van der Waals surface area contributed by atoms with Gasteiger partial charge in [-0.25, -0.2) is 0 Å². The van der Waals surface area contributed by atoms with Crippen LogP contribution in [0.2, 0.25) is 0 Å². The van der Waals surface area contributed by atoms with Crippen LogP contribution in [0.3, 0.4) is 0 Å². The highest BCUT2D eigenvalue weighted by Gasteiger charge is 2.07. The molecule has 1 aromatic heterocycles. The molecule has 4 heteroatoms. The molecular weight excluding hydrogens is 168 g/mol. The number of rotatable bonds is 2. The number of ether oxygens (including phenoxy) is 1. The Labute approximate surface area is 75.1 Å². The van der Waals surface area contributed by atoms with Gasteiger partial charge >= 0.3 is 0 Å². The molecule has 0 radical (unpaired) electrons. The number of benzene rings is 1. The molecule has 0 bridgehead atoms. The third-order valence-corrected chi connectivity index (χ3v) is 2.00. The zero-order valence-electron chi connectivity index (χ0n) is 7.24. The van der Waals surface area contributed by atoms with Gasteiger partial charge in [0, 0.05) is 5.39 Å². The molecule has 1 heterocycles. The van der Waals surface area contributed by atoms with E-state index < -0.39 is 0 Å². The lowest BCUT2D eigenvalue weighted by Crippen LogP contribution is -1.84. The Bertz CT molecular complexity index is 422. The first-order chi connectivity index (χ1) is 6.36. The maximum Gasteiger partial charge on any atom is 0.146 e. The van der Waals surface area contributed by atoms with Crippen LogP contribution in [0, 0.1) is 0 Å². The van der Waals surface area contributed by atoms with Crippen molar-refractivity contribution in [2.75, 3.05) is 7.11 Å². The molecule has 0 unspecified atom stereocenters. The van der Waals surface area contributed by atoms with Gasteiger partial charge in [-0.3, -0.25) is 5.10 Å². The first-order valence-electron chi connectivity index (χ1n) is 3.97. The predicted molar refractivity (Wildman–Crippen MR) is 48.6 cm³/mol. The van der Waals surface area contributed by atoms with Crippen LogP contribution in [0.5, 0.6) is 5.75 Å². The van der Waals surface area contributed by atoms with Gasteiger partial charge in [-0.05, 0) is 6.07 Å². The summed E-state index contributed by atoms with van der Waals surface area (Å²) in [4.78, 5) is 0. The monoisotopic (exact) mass is 178 g/mol. The fourth-order valence-corrected chi connectivity index (χ4v) is 1.35. The quantitative estimate of drug-likeness (QED) is 0.723. The van der Waals surface area contributed by atoms with Crippen LogP contribution in [0.25, 0.3) is 10.9 Å². The van der Waals surface area contributed by atoms with Gasteiger partial charge in [-0.2, -0.15) is 5.10 Å². The smallest absolute Gasteiger partial charge is 0.146 e. The molecule has 2 N–H and O–H groups in total. The second kappa shape index (κ2) is 3.06. The van der Waals surface area contributed by atoms with Crippen molar-refractivity contribution in [3.63, 3.8) is 0 Å². The van der Waals surface area contributed by atoms with E-state index in [1.165, 1.54) is 0 Å². The summed E-state index contributed by atoms with van der Waals surface area (Å²) >= 11 is 0. The Morgan fingerprint density at radius 3 is 3.08 bits per heavy atom. The van der Waals surface area contributed by atoms with Gasteiger partial charge in [0.2, 0.25) is 0 Å². The Hall–Kier alpha value is -1.55. The zero-order valence-corrected chi connectivity index (χ0v) is 7.24. The summed E-state index contributed by atoms with van der Waals surface area (Å²) in [5, 5.41) is 16.7. The summed E-state index contributed by atoms with van der Waals surface area (Å²) in [6.07, 6.45) is 0. The number of hydrogen-bond acceptors (Lipinski definition) is 3. The van der Waals surface area contributed by atoms with Gasteiger partial charge in [0.1, 0.15) is 11.3 Å². The lowest BCUT2D eigenvalue weighted by atomic mass is 10.2. The van der Waals surface area contributed by atoms with Crippen molar-refractivity contribution in [1.29, 1.82) is 0 Å². The molecular formula is C9H10N2O2. The molecule has 0 spiro atoms. The van der Waals surface area contributed by atoms with Gasteiger partial charge < -0.3 is 9.84 Å². The number of aromatic nitrogens is 2. The van der Waals surface area contributed by atoms with Crippen LogP contribution in [0.1, 0.15) is 5.69 Å². The Morgan fingerprint density at radius 1 is 1.54 bits per heavy atom. The van der Waals surface area contributed by atoms with Crippen molar-refractivity contribution in [3.8, 4) is 5.75 Å². The van der Waals surface area contributed by atoms with Gasteiger partial charge in [-0.1, -0.05) is 12.1 Å². The molecule has 0 saturated carbocycles. The van der Waals surface area contributed by atoms with E-state index in [9.17, 15) is 0 Å². The predicted octanol–water partition coefficient (Wildman–Crippen LogP) is 1.06. The van der Waals surface area contributed by atoms with Gasteiger partial charge in [0.15, 0.2) is 0 Å². The zero-order chi connectivity index (χ0) is 9.26. The average Bonchev–Trinajstić information content (AvgIpc) is 2.60. The molecule has 68 valence electrons. The van der Waals surface area contributed by atoms with E-state index in [0.29, 0.717) is 11.4 Å². The van der Waals surface area contributed by atoms with E-state index >= 15 is 0 Å². The Balaban J connectivity index is 2.72. The van der Waals surface area contributed by atoms with Crippen molar-refractivity contribution in [2.45, 2.75) is 6.61 Å². The number of methoxy groups -OCH3 is 1. The minimum Gasteiger partial charge on any atom is -0.494 e. The fourth-order valence-electron chi connectivity index (χ4n) is 1.35. The molecule has 0 aliphatic heterocycles. The fraction of sp³-hybridized carbons (Fsp3) is 0.222. The molecule has 4 nitrogen and oxygen atoms in total. The molecule has 13 heavy (non-hydrogen) atoms. The standard InChI is InChI=1S/C9H10N2O2/c1-13-8-4-2-3-6-7(5-12)10-11-9(6)8/h2-4,12H,5H2,1H3,(H,10,11). The molecule has 0 fully saturated rings. The van der Waals surface area contributed by atoms with E-state index in [1.54, 1.807) is 7.11 Å². The van der Waals surface area contributed by atoms with E-state index in [0.717, 1.165) is 10.9 Å². The summed E-state index contributed by atoms with van der Waals surface area (Å²) in [7, 11) is 1.60. The molecule has 0 atom stereocenters. The minimum absolute atomic E-state index is 0.0380. The molecule has 2 aromatic rings. The highest BCUT2D eigenvalue weighted by atomic mass is 16.5. The molecule has 1 aromatic carbocycles. The van der Waals surface area contributed by atoms with Crippen molar-refractivity contribution in [2.24, 2.45) is 0 Å². The summed E-state index contributed by atoms with van der Waals surface area (Å²) < 4.78 is 5.12. The van der Waals surface area contributed by atoms with Crippen LogP contribution in [0.15, 0.2) is 18.2 Å². The second-order valence-corrected chi connectivity index (χ2v) is 2.72. The van der Waals surface area contributed by atoms with E-state index in [4.69, 9.17) is 9.84 Å². The molecule has 0 aliphatic rings. The highest BCUT2D eigenvalue weighted by Crippen LogP contribution is 2.24. The number of nitrogens with one attached hydrogen (secondary N) is 1. The lowest BCUT2D eigenvalue weighted by Gasteiger charge is -1.98. The minimum atomic E-state index is -0.0380. The number of aliphatic hydroxyl groups excluding tert-OH is 1. The van der Waals surface area contributed by atoms with Crippen molar-refractivity contribution in [3.05, 3.63) is 23.9 Å². The highest BCUT2D eigenvalue weighted by molar-refractivity contribution is 5.86. The summed E-state index contributed by atoms with van der Waals surface area (Å²) in [5.41, 5.74) is 1.47. The van der Waals surface area contributed by atoms with Crippen LogP contribution < -0.4 is 4.74 Å². The third-order valence-electron chi connectivity index (χ3n) is 2.00. The number of H-pyrrole nitrogens is 1. The largest absolute Gasteiger partial charge is 0.494 e. The first kappa shape index (κ1) is 8.07. The number of aliphatic hydroxyl groups is 1. The van der Waals surface area contributed by atoms with E-state index in [2.05, 4.69) is 10.2 Å². The van der Waals surface area contributed by atoms with E-state index in [1.807, 2.05) is 18.2 Å².